The Bertz CT molecular complexity index is 2890. The second kappa shape index (κ2) is 40.3. The highest BCUT2D eigenvalue weighted by Crippen LogP contribution is 2.35. The lowest BCUT2D eigenvalue weighted by atomic mass is 9.82. The molecule has 5 aromatic rings. The molecule has 18 nitrogen and oxygen atoms in total. The molecule has 0 aliphatic heterocycles. The highest BCUT2D eigenvalue weighted by atomic mass is 32.1. The van der Waals surface area contributed by atoms with Crippen molar-refractivity contribution in [2.45, 2.75) is 154 Å². The summed E-state index contributed by atoms with van der Waals surface area (Å²) in [4.78, 5) is 77.7. The van der Waals surface area contributed by atoms with Crippen molar-refractivity contribution in [3.05, 3.63) is 122 Å². The number of hydrazone groups is 1. The standard InChI is InChI=1S/C70H91N3O15S/c1-3-66(75)81-47-21-13-11-19-45-79-58-33-37-60(38-34-58)85-68(77)55-29-27-54(28-30-55)52-84-88-64-42-41-62(49-57(64)50-71-73(43-17-9-7-5-6-8-10-18-44-74)70-72-63-23-15-16-24-65(63)89-70)86-69(78)56-31-25-53(26-32-56)51-83-87-61-39-35-59(36-40-61)80-46-20-12-14-22-48-82-67(76)4-2/h3-4,15-16,23-24,33-42,49-50,53-56,74H,1-2,5-14,17-22,25-32,43-48,51-52H2/b71-50+. The molecule has 0 spiro atoms. The van der Waals surface area contributed by atoms with E-state index in [1.54, 1.807) is 60.0 Å². The quantitative estimate of drug-likeness (QED) is 0.00732. The van der Waals surface area contributed by atoms with Gasteiger partial charge in [-0.2, -0.15) is 14.9 Å². The van der Waals surface area contributed by atoms with Gasteiger partial charge in [0.15, 0.2) is 11.5 Å². The summed E-state index contributed by atoms with van der Waals surface area (Å²) < 4.78 is 34.7. The lowest BCUT2D eigenvalue weighted by Gasteiger charge is -2.27. The second-order valence-corrected chi connectivity index (χ2v) is 23.8. The van der Waals surface area contributed by atoms with E-state index < -0.39 is 11.9 Å². The molecule has 19 heteroatoms. The topological polar surface area (TPSA) is 209 Å². The van der Waals surface area contributed by atoms with Crippen molar-refractivity contribution in [1.82, 2.24) is 4.98 Å². The molecule has 482 valence electrons. The minimum atomic E-state index is -0.401. The van der Waals surface area contributed by atoms with Crippen LogP contribution in [0.25, 0.3) is 10.2 Å². The first-order valence-electron chi connectivity index (χ1n) is 32.1. The van der Waals surface area contributed by atoms with E-state index in [0.29, 0.717) is 106 Å². The summed E-state index contributed by atoms with van der Waals surface area (Å²) in [6, 6.07) is 27.7. The maximum Gasteiger partial charge on any atom is 0.330 e. The van der Waals surface area contributed by atoms with E-state index in [2.05, 4.69) is 19.2 Å². The number of hydrogen-bond donors (Lipinski definition) is 1. The molecule has 0 saturated heterocycles. The summed E-state index contributed by atoms with van der Waals surface area (Å²) in [5, 5.41) is 16.9. The first-order chi connectivity index (χ1) is 43.7. The molecule has 1 aromatic heterocycles. The molecule has 7 rings (SSSR count). The van der Waals surface area contributed by atoms with Crippen LogP contribution in [-0.4, -0.2) is 93.0 Å². The smallest absolute Gasteiger partial charge is 0.330 e. The van der Waals surface area contributed by atoms with Gasteiger partial charge in [-0.1, -0.05) is 75.2 Å². The molecule has 2 aliphatic carbocycles. The fourth-order valence-electron chi connectivity index (χ4n) is 10.6. The van der Waals surface area contributed by atoms with Crippen molar-refractivity contribution in [3.63, 3.8) is 0 Å². The molecule has 0 atom stereocenters. The number of aliphatic hydroxyl groups is 1. The summed E-state index contributed by atoms with van der Waals surface area (Å²) in [5.41, 5.74) is 1.46. The van der Waals surface area contributed by atoms with Crippen molar-refractivity contribution in [2.24, 2.45) is 28.8 Å². The zero-order chi connectivity index (χ0) is 62.5. The molecule has 0 unspecified atom stereocenters. The van der Waals surface area contributed by atoms with Crippen LogP contribution in [0.2, 0.25) is 0 Å². The van der Waals surface area contributed by atoms with Crippen molar-refractivity contribution in [3.8, 4) is 34.5 Å². The Morgan fingerprint density at radius 2 is 1.01 bits per heavy atom. The van der Waals surface area contributed by atoms with Gasteiger partial charge >= 0.3 is 23.9 Å². The first-order valence-corrected chi connectivity index (χ1v) is 33.0. The Hall–Kier alpha value is -7.32. The normalized spacial score (nSPS) is 16.5. The van der Waals surface area contributed by atoms with Gasteiger partial charge in [0.1, 0.15) is 23.0 Å². The van der Waals surface area contributed by atoms with Crippen LogP contribution < -0.4 is 33.7 Å². The molecule has 1 N–H and O–H groups in total. The van der Waals surface area contributed by atoms with Crippen LogP contribution in [0.3, 0.4) is 0 Å². The largest absolute Gasteiger partial charge is 0.494 e. The molecular weight excluding hydrogens is 1150 g/mol. The third-order valence-electron chi connectivity index (χ3n) is 15.9. The van der Waals surface area contributed by atoms with Gasteiger partial charge in [0.2, 0.25) is 5.13 Å². The van der Waals surface area contributed by atoms with Gasteiger partial charge in [0.25, 0.3) is 0 Å². The molecule has 0 bridgehead atoms. The van der Waals surface area contributed by atoms with Gasteiger partial charge in [0.05, 0.1) is 67.9 Å². The number of para-hydroxylation sites is 1. The molecule has 2 fully saturated rings. The number of unbranched alkanes of at least 4 members (excludes halogenated alkanes) is 13. The molecule has 4 aromatic carbocycles. The van der Waals surface area contributed by atoms with Crippen LogP contribution in [0, 0.1) is 23.7 Å². The fourth-order valence-corrected chi connectivity index (χ4v) is 11.5. The number of carbonyl (C=O) groups excluding carboxylic acids is 4. The van der Waals surface area contributed by atoms with Crippen LogP contribution in [0.15, 0.2) is 121 Å². The zero-order valence-corrected chi connectivity index (χ0v) is 52.5. The average molecular weight is 1250 g/mol. The van der Waals surface area contributed by atoms with Crippen molar-refractivity contribution in [2.75, 3.05) is 57.8 Å². The van der Waals surface area contributed by atoms with Crippen molar-refractivity contribution >= 4 is 56.8 Å². The summed E-state index contributed by atoms with van der Waals surface area (Å²) in [5.74, 6) is 1.80. The number of aliphatic hydroxyl groups excluding tert-OH is 1. The number of esters is 4. The highest BCUT2D eigenvalue weighted by Gasteiger charge is 2.30. The van der Waals surface area contributed by atoms with Gasteiger partial charge in [-0.05, 0) is 206 Å². The number of fused-ring (bicyclic) bond motifs is 1. The van der Waals surface area contributed by atoms with Crippen LogP contribution in [0.5, 0.6) is 34.5 Å². The van der Waals surface area contributed by atoms with Crippen LogP contribution >= 0.6 is 11.3 Å². The Morgan fingerprint density at radius 1 is 0.539 bits per heavy atom. The monoisotopic (exact) mass is 1250 g/mol. The Kier molecular flexibility index (Phi) is 31.3. The number of aromatic nitrogens is 1. The van der Waals surface area contributed by atoms with Gasteiger partial charge in [-0.3, -0.25) is 9.59 Å². The zero-order valence-electron chi connectivity index (χ0n) is 51.7. The van der Waals surface area contributed by atoms with Crippen molar-refractivity contribution < 1.29 is 72.3 Å². The Labute approximate surface area is 528 Å². The van der Waals surface area contributed by atoms with Gasteiger partial charge in [0, 0.05) is 30.9 Å². The molecule has 2 saturated carbocycles. The van der Waals surface area contributed by atoms with E-state index in [1.807, 2.05) is 47.5 Å². The van der Waals surface area contributed by atoms with E-state index in [-0.39, 0.29) is 42.2 Å². The number of thiazole rings is 1. The van der Waals surface area contributed by atoms with E-state index in [4.69, 9.17) is 63.2 Å². The molecule has 1 heterocycles. The van der Waals surface area contributed by atoms with Crippen LogP contribution in [0.4, 0.5) is 5.13 Å². The molecule has 2 aliphatic rings. The molecule has 0 amide bonds. The van der Waals surface area contributed by atoms with Crippen molar-refractivity contribution in [1.29, 1.82) is 0 Å². The first kappa shape index (κ1) is 69.2. The number of rotatable bonds is 43. The lowest BCUT2D eigenvalue weighted by Crippen LogP contribution is -2.27. The number of anilines is 1. The number of benzene rings is 4. The highest BCUT2D eigenvalue weighted by molar-refractivity contribution is 7.22. The fraction of sp³-hybridized carbons (Fsp3) is 0.514. The summed E-state index contributed by atoms with van der Waals surface area (Å²) in [7, 11) is 0. The van der Waals surface area contributed by atoms with E-state index in [0.717, 1.165) is 150 Å². The lowest BCUT2D eigenvalue weighted by molar-refractivity contribution is -0.218. The molecule has 89 heavy (non-hydrogen) atoms. The maximum absolute atomic E-state index is 13.8. The number of carbonyl (C=O) groups is 4. The average Bonchev–Trinajstić information content (AvgIpc) is 3.02. The second-order valence-electron chi connectivity index (χ2n) is 22.8. The number of nitrogens with zero attached hydrogens (tertiary/aromatic N) is 3. The third-order valence-corrected chi connectivity index (χ3v) is 16.9. The van der Waals surface area contributed by atoms with Crippen LogP contribution in [-0.2, 0) is 38.4 Å². The van der Waals surface area contributed by atoms with E-state index in [1.165, 1.54) is 12.2 Å². The summed E-state index contributed by atoms with van der Waals surface area (Å²) in [6.45, 7) is 10.3. The Balaban J connectivity index is 0.882. The van der Waals surface area contributed by atoms with Gasteiger partial charge in [-0.15, -0.1) is 0 Å². The Morgan fingerprint density at radius 3 is 1.56 bits per heavy atom. The third kappa shape index (κ3) is 26.0. The summed E-state index contributed by atoms with van der Waals surface area (Å²) >= 11 is 1.58. The predicted molar refractivity (Wildman–Crippen MR) is 343 cm³/mol. The maximum atomic E-state index is 13.8. The summed E-state index contributed by atoms with van der Waals surface area (Å²) in [6.07, 6.45) is 25.4. The SMILES string of the molecule is C=CC(=O)OCCCCCCOc1ccc(OOCC2CCC(C(=O)Oc3ccc(OOCC4CCC(C(=O)Oc5ccc(OCCCCCCOC(=O)C=C)cc5)CC4)c(/C=N/N(CCCCCCCCCCO)c4nc5ccccc5s4)c3)CC2)cc1. The minimum Gasteiger partial charge on any atom is -0.494 e. The number of hydrogen-bond acceptors (Lipinski definition) is 19. The van der Waals surface area contributed by atoms with E-state index in [9.17, 15) is 19.2 Å². The predicted octanol–water partition coefficient (Wildman–Crippen LogP) is 15.0. The molecular formula is C70H91N3O15S. The van der Waals surface area contributed by atoms with Gasteiger partial charge < -0.3 is 43.3 Å². The number of ether oxygens (including phenoxy) is 6. The van der Waals surface area contributed by atoms with E-state index >= 15 is 0 Å². The van der Waals surface area contributed by atoms with Gasteiger partial charge in [-0.25, -0.2) is 19.6 Å². The minimum absolute atomic E-state index is 0.160. The molecule has 0 radical (unpaired) electrons. The van der Waals surface area contributed by atoms with Crippen LogP contribution in [0.1, 0.15) is 160 Å².